The van der Waals surface area contributed by atoms with Gasteiger partial charge < -0.3 is 21.3 Å². The average Bonchev–Trinajstić information content (AvgIpc) is 2.19. The van der Waals surface area contributed by atoms with Crippen molar-refractivity contribution in [1.29, 1.82) is 0 Å². The number of carbonyl (C=O) groups is 1. The summed E-state index contributed by atoms with van der Waals surface area (Å²) in [6, 6.07) is 4.26. The van der Waals surface area contributed by atoms with Gasteiger partial charge in [-0.3, -0.25) is 4.79 Å². The lowest BCUT2D eigenvalue weighted by molar-refractivity contribution is -0.132. The predicted octanol–water partition coefficient (Wildman–Crippen LogP) is 0.276. The second-order valence-corrected chi connectivity index (χ2v) is 3.16. The number of esters is 1. The first-order valence-corrected chi connectivity index (χ1v) is 4.51. The maximum atomic E-state index is 10.7. The van der Waals surface area contributed by atoms with Crippen molar-refractivity contribution < 1.29 is 14.6 Å². The van der Waals surface area contributed by atoms with E-state index >= 15 is 0 Å². The van der Waals surface area contributed by atoms with Crippen molar-refractivity contribution >= 4 is 5.97 Å². The Morgan fingerprint density at radius 3 is 2.73 bits per heavy atom. The Hall–Kier alpha value is -1.59. The van der Waals surface area contributed by atoms with Crippen LogP contribution in [0.1, 0.15) is 18.5 Å². The van der Waals surface area contributed by atoms with Crippen LogP contribution in [0.2, 0.25) is 0 Å². The number of rotatable bonds is 3. The molecule has 82 valence electrons. The molecule has 0 aliphatic heterocycles. The monoisotopic (exact) mass is 210 g/mol. The van der Waals surface area contributed by atoms with Gasteiger partial charge in [-0.05, 0) is 17.7 Å². The van der Waals surface area contributed by atoms with Gasteiger partial charge in [0.2, 0.25) is 0 Å². The highest BCUT2D eigenvalue weighted by molar-refractivity contribution is 5.70. The summed E-state index contributed by atoms with van der Waals surface area (Å²) in [7, 11) is 0. The van der Waals surface area contributed by atoms with Crippen LogP contribution in [-0.4, -0.2) is 17.6 Å². The molecule has 1 rings (SSSR count). The number of hydrogen-bond acceptors (Lipinski definition) is 5. The Morgan fingerprint density at radius 1 is 1.60 bits per heavy atom. The summed E-state index contributed by atoms with van der Waals surface area (Å²) in [5, 5.41) is 9.51. The lowest BCUT2D eigenvalue weighted by Gasteiger charge is -2.11. The van der Waals surface area contributed by atoms with Gasteiger partial charge in [-0.1, -0.05) is 6.07 Å². The third-order valence-electron chi connectivity index (χ3n) is 1.92. The Kier molecular flexibility index (Phi) is 3.65. The molecular formula is C10H14N2O3. The lowest BCUT2D eigenvalue weighted by atomic mass is 10.1. The quantitative estimate of drug-likeness (QED) is 0.491. The molecule has 0 radical (unpaired) electrons. The largest absolute Gasteiger partial charge is 0.504 e. The summed E-state index contributed by atoms with van der Waals surface area (Å²) in [5.74, 6) is -0.483. The molecule has 5 N–H and O–H groups in total. The lowest BCUT2D eigenvalue weighted by Crippen LogP contribution is -2.20. The van der Waals surface area contributed by atoms with E-state index in [1.54, 1.807) is 6.07 Å². The molecule has 0 amide bonds. The van der Waals surface area contributed by atoms with Crippen LogP contribution in [0.15, 0.2) is 18.2 Å². The van der Waals surface area contributed by atoms with Crippen molar-refractivity contribution in [3.05, 3.63) is 23.8 Å². The number of benzene rings is 1. The topological polar surface area (TPSA) is 98.6 Å². The molecule has 0 unspecified atom stereocenters. The molecule has 15 heavy (non-hydrogen) atoms. The summed E-state index contributed by atoms with van der Waals surface area (Å²) < 4.78 is 4.75. The van der Waals surface area contributed by atoms with Crippen LogP contribution < -0.4 is 16.2 Å². The molecule has 0 fully saturated rings. The second kappa shape index (κ2) is 4.77. The molecule has 0 bridgehead atoms. The highest BCUT2D eigenvalue weighted by Crippen LogP contribution is 2.28. The van der Waals surface area contributed by atoms with Gasteiger partial charge in [0.05, 0.1) is 0 Å². The number of nitrogens with two attached hydrogens (primary N) is 2. The zero-order valence-electron chi connectivity index (χ0n) is 8.43. The van der Waals surface area contributed by atoms with Gasteiger partial charge in [-0.2, -0.15) is 0 Å². The first kappa shape index (κ1) is 11.5. The van der Waals surface area contributed by atoms with E-state index in [1.165, 1.54) is 19.1 Å². The van der Waals surface area contributed by atoms with E-state index in [-0.39, 0.29) is 24.1 Å². The molecule has 5 nitrogen and oxygen atoms in total. The Bertz CT molecular complexity index is 366. The van der Waals surface area contributed by atoms with Crippen LogP contribution >= 0.6 is 0 Å². The van der Waals surface area contributed by atoms with E-state index in [0.29, 0.717) is 5.56 Å². The summed E-state index contributed by atoms with van der Waals surface area (Å²) in [4.78, 5) is 10.7. The summed E-state index contributed by atoms with van der Waals surface area (Å²) >= 11 is 0. The van der Waals surface area contributed by atoms with Crippen molar-refractivity contribution in [2.24, 2.45) is 11.5 Å². The highest BCUT2D eigenvalue weighted by atomic mass is 16.5. The van der Waals surface area contributed by atoms with Gasteiger partial charge >= 0.3 is 5.97 Å². The molecule has 0 aromatic heterocycles. The van der Waals surface area contributed by atoms with Crippen LogP contribution in [0, 0.1) is 0 Å². The Labute approximate surface area is 87.6 Å². The number of ether oxygens (including phenoxy) is 1. The number of phenols is 1. The first-order chi connectivity index (χ1) is 7.04. The van der Waals surface area contributed by atoms with Crippen molar-refractivity contribution in [1.82, 2.24) is 0 Å². The number of phenolic OH excluding ortho intramolecular Hbond substituents is 1. The molecule has 0 saturated carbocycles. The maximum absolute atomic E-state index is 10.7. The molecule has 5 heteroatoms. The van der Waals surface area contributed by atoms with E-state index < -0.39 is 5.97 Å². The molecule has 1 aromatic carbocycles. The van der Waals surface area contributed by atoms with Crippen LogP contribution in [0.3, 0.4) is 0 Å². The predicted molar refractivity (Wildman–Crippen MR) is 55.4 cm³/mol. The SMILES string of the molecule is CC(=O)Oc1ccc([C@@H](N)CN)cc1O. The zero-order chi connectivity index (χ0) is 11.4. The fourth-order valence-electron chi connectivity index (χ4n) is 1.14. The fraction of sp³-hybridized carbons (Fsp3) is 0.300. The molecule has 0 heterocycles. The smallest absolute Gasteiger partial charge is 0.308 e. The van der Waals surface area contributed by atoms with Crippen molar-refractivity contribution in [2.75, 3.05) is 6.54 Å². The van der Waals surface area contributed by atoms with Crippen LogP contribution in [0.4, 0.5) is 0 Å². The Balaban J connectivity index is 2.92. The minimum absolute atomic E-state index is 0.119. The van der Waals surface area contributed by atoms with E-state index in [1.807, 2.05) is 0 Å². The molecular weight excluding hydrogens is 196 g/mol. The van der Waals surface area contributed by atoms with Crippen LogP contribution in [-0.2, 0) is 4.79 Å². The average molecular weight is 210 g/mol. The summed E-state index contributed by atoms with van der Waals surface area (Å²) in [5.41, 5.74) is 11.8. The second-order valence-electron chi connectivity index (χ2n) is 3.16. The number of aromatic hydroxyl groups is 1. The zero-order valence-corrected chi connectivity index (χ0v) is 8.43. The van der Waals surface area contributed by atoms with Gasteiger partial charge in [-0.15, -0.1) is 0 Å². The minimum atomic E-state index is -0.485. The van der Waals surface area contributed by atoms with E-state index in [2.05, 4.69) is 0 Å². The first-order valence-electron chi connectivity index (χ1n) is 4.51. The summed E-state index contributed by atoms with van der Waals surface area (Å²) in [6.45, 7) is 1.55. The normalized spacial score (nSPS) is 12.2. The maximum Gasteiger partial charge on any atom is 0.308 e. The molecule has 0 saturated heterocycles. The van der Waals surface area contributed by atoms with Gasteiger partial charge in [0.1, 0.15) is 0 Å². The van der Waals surface area contributed by atoms with E-state index in [0.717, 1.165) is 0 Å². The summed E-state index contributed by atoms with van der Waals surface area (Å²) in [6.07, 6.45) is 0. The highest BCUT2D eigenvalue weighted by Gasteiger charge is 2.09. The van der Waals surface area contributed by atoms with Crippen LogP contribution in [0.25, 0.3) is 0 Å². The van der Waals surface area contributed by atoms with E-state index in [4.69, 9.17) is 16.2 Å². The minimum Gasteiger partial charge on any atom is -0.504 e. The van der Waals surface area contributed by atoms with Gasteiger partial charge in [0.25, 0.3) is 0 Å². The molecule has 1 atom stereocenters. The third kappa shape index (κ3) is 2.93. The van der Waals surface area contributed by atoms with Crippen LogP contribution in [0.5, 0.6) is 11.5 Å². The fourth-order valence-corrected chi connectivity index (χ4v) is 1.14. The molecule has 0 spiro atoms. The Morgan fingerprint density at radius 2 is 2.27 bits per heavy atom. The molecule has 0 aliphatic rings. The number of carbonyl (C=O) groups excluding carboxylic acids is 1. The molecule has 1 aromatic rings. The van der Waals surface area contributed by atoms with Crippen molar-refractivity contribution in [3.8, 4) is 11.5 Å². The van der Waals surface area contributed by atoms with E-state index in [9.17, 15) is 9.90 Å². The number of hydrogen-bond donors (Lipinski definition) is 3. The van der Waals surface area contributed by atoms with Gasteiger partial charge in [-0.25, -0.2) is 0 Å². The molecule has 0 aliphatic carbocycles. The van der Waals surface area contributed by atoms with Crippen molar-refractivity contribution in [3.63, 3.8) is 0 Å². The standard InChI is InChI=1S/C10H14N2O3/c1-6(13)15-10-3-2-7(4-9(10)14)8(12)5-11/h2-4,8,14H,5,11-12H2,1H3/t8-/m0/s1. The van der Waals surface area contributed by atoms with Gasteiger partial charge in [0.15, 0.2) is 11.5 Å². The van der Waals surface area contributed by atoms with Gasteiger partial charge in [0, 0.05) is 19.5 Å². The third-order valence-corrected chi connectivity index (χ3v) is 1.92. The van der Waals surface area contributed by atoms with Crippen molar-refractivity contribution in [2.45, 2.75) is 13.0 Å².